The molecule has 136 valence electrons. The van der Waals surface area contributed by atoms with Crippen LogP contribution in [0, 0.1) is 5.92 Å². The summed E-state index contributed by atoms with van der Waals surface area (Å²) in [6.07, 6.45) is 3.51. The molecule has 2 aromatic heterocycles. The summed E-state index contributed by atoms with van der Waals surface area (Å²) in [6.45, 7) is 1.13. The van der Waals surface area contributed by atoms with Gasteiger partial charge in [0.25, 0.3) is 0 Å². The lowest BCUT2D eigenvalue weighted by Crippen LogP contribution is -2.33. The van der Waals surface area contributed by atoms with Crippen molar-refractivity contribution in [3.63, 3.8) is 0 Å². The Morgan fingerprint density at radius 1 is 1.12 bits per heavy atom. The van der Waals surface area contributed by atoms with Gasteiger partial charge in [0.15, 0.2) is 0 Å². The van der Waals surface area contributed by atoms with Crippen molar-refractivity contribution in [3.8, 4) is 0 Å². The van der Waals surface area contributed by atoms with E-state index in [1.54, 1.807) is 17.5 Å². The number of benzene rings is 1. The average molecular weight is 387 g/mol. The van der Waals surface area contributed by atoms with Crippen LogP contribution >= 0.6 is 11.3 Å². The third-order valence-electron chi connectivity index (χ3n) is 6.19. The van der Waals surface area contributed by atoms with E-state index in [1.807, 2.05) is 17.5 Å². The lowest BCUT2D eigenvalue weighted by Gasteiger charge is -2.34. The van der Waals surface area contributed by atoms with Gasteiger partial charge < -0.3 is 4.57 Å². The van der Waals surface area contributed by atoms with Crippen LogP contribution in [0.25, 0.3) is 10.9 Å². The van der Waals surface area contributed by atoms with E-state index in [4.69, 9.17) is 0 Å². The highest BCUT2D eigenvalue weighted by atomic mass is 32.2. The van der Waals surface area contributed by atoms with Gasteiger partial charge in [0, 0.05) is 41.6 Å². The molecule has 6 heteroatoms. The molecular formula is C20H22N2O2S2. The zero-order chi connectivity index (χ0) is 18.1. The van der Waals surface area contributed by atoms with Gasteiger partial charge in [0.2, 0.25) is 9.84 Å². The first-order chi connectivity index (χ1) is 12.5. The highest BCUT2D eigenvalue weighted by Crippen LogP contribution is 2.45. The summed E-state index contributed by atoms with van der Waals surface area (Å²) in [5.41, 5.74) is 3.88. The Morgan fingerprint density at radius 2 is 1.96 bits per heavy atom. The Morgan fingerprint density at radius 3 is 2.69 bits per heavy atom. The molecule has 1 aliphatic carbocycles. The molecule has 1 fully saturated rings. The van der Waals surface area contributed by atoms with Gasteiger partial charge in [-0.1, -0.05) is 0 Å². The van der Waals surface area contributed by atoms with E-state index in [2.05, 4.69) is 23.6 Å². The van der Waals surface area contributed by atoms with Crippen molar-refractivity contribution in [2.45, 2.75) is 35.1 Å². The van der Waals surface area contributed by atoms with Crippen molar-refractivity contribution in [2.24, 2.45) is 13.0 Å². The van der Waals surface area contributed by atoms with Crippen molar-refractivity contribution in [1.29, 1.82) is 0 Å². The van der Waals surface area contributed by atoms with Crippen LogP contribution in [0.3, 0.4) is 0 Å². The number of aryl methyl sites for hydroxylation is 1. The maximum atomic E-state index is 13.0. The maximum Gasteiger partial charge on any atom is 0.207 e. The minimum absolute atomic E-state index is 0.391. The third kappa shape index (κ3) is 2.25. The topological polar surface area (TPSA) is 42.3 Å². The van der Waals surface area contributed by atoms with Crippen molar-refractivity contribution in [3.05, 3.63) is 46.3 Å². The Labute approximate surface area is 158 Å². The molecule has 4 heterocycles. The molecule has 26 heavy (non-hydrogen) atoms. The molecule has 4 nitrogen and oxygen atoms in total. The number of fused-ring (bicyclic) bond motifs is 3. The van der Waals surface area contributed by atoms with Gasteiger partial charge in [-0.3, -0.25) is 4.90 Å². The lowest BCUT2D eigenvalue weighted by atomic mass is 9.93. The smallest absolute Gasteiger partial charge is 0.207 e. The largest absolute Gasteiger partial charge is 0.347 e. The molecule has 3 aliphatic rings. The molecule has 0 amide bonds. The normalized spacial score (nSPS) is 23.3. The second-order valence-electron chi connectivity index (χ2n) is 7.66. The van der Waals surface area contributed by atoms with E-state index in [0.717, 1.165) is 30.3 Å². The summed E-state index contributed by atoms with van der Waals surface area (Å²) in [5.74, 6) is 0.703. The zero-order valence-electron chi connectivity index (χ0n) is 15.0. The first-order valence-corrected chi connectivity index (χ1v) is 11.5. The van der Waals surface area contributed by atoms with Gasteiger partial charge in [-0.2, -0.15) is 11.3 Å². The van der Waals surface area contributed by atoms with Gasteiger partial charge >= 0.3 is 0 Å². The molecule has 0 radical (unpaired) electrons. The van der Waals surface area contributed by atoms with Crippen LogP contribution in [0.15, 0.2) is 44.8 Å². The van der Waals surface area contributed by atoms with Crippen LogP contribution < -0.4 is 0 Å². The number of hydrogen-bond donors (Lipinski definition) is 0. The molecule has 1 aromatic carbocycles. The van der Waals surface area contributed by atoms with Gasteiger partial charge in [-0.15, -0.1) is 0 Å². The molecular weight excluding hydrogens is 364 g/mol. The number of rotatable bonds is 2. The van der Waals surface area contributed by atoms with Crippen molar-refractivity contribution >= 4 is 32.1 Å². The standard InChI is InChI=1S/C20H22N2O2S2/c1-21-11-13-3-5-18(21)20-16-10-14(26(23,24)15-7-8-25-12-15)4-6-17(16)22(2)19(20)9-13/h4,6-8,10,12-13,18H,3,5,9,11H2,1-2H3. The first-order valence-electron chi connectivity index (χ1n) is 9.05. The SMILES string of the molecule is CN1CC2CCC1c1c(n(C)c3ccc(S(=O)(=O)c4ccsc4)cc13)C2. The molecule has 2 aliphatic heterocycles. The van der Waals surface area contributed by atoms with E-state index < -0.39 is 9.84 Å². The molecule has 0 N–H and O–H groups in total. The predicted octanol–water partition coefficient (Wildman–Crippen LogP) is 4.01. The number of aromatic nitrogens is 1. The monoisotopic (exact) mass is 386 g/mol. The molecule has 0 spiro atoms. The number of piperidine rings is 1. The lowest BCUT2D eigenvalue weighted by molar-refractivity contribution is 0.150. The van der Waals surface area contributed by atoms with Crippen LogP contribution in [-0.4, -0.2) is 31.5 Å². The second-order valence-corrected chi connectivity index (χ2v) is 10.4. The maximum absolute atomic E-state index is 13.0. The highest BCUT2D eigenvalue weighted by Gasteiger charge is 2.36. The summed E-state index contributed by atoms with van der Waals surface area (Å²) < 4.78 is 28.3. The average Bonchev–Trinajstić information content (AvgIpc) is 3.17. The van der Waals surface area contributed by atoms with Gasteiger partial charge in [0.1, 0.15) is 0 Å². The van der Waals surface area contributed by atoms with Crippen LogP contribution in [0.2, 0.25) is 0 Å². The summed E-state index contributed by atoms with van der Waals surface area (Å²) in [7, 11) is 0.876. The van der Waals surface area contributed by atoms with Crippen molar-refractivity contribution in [2.75, 3.05) is 13.6 Å². The van der Waals surface area contributed by atoms with E-state index in [-0.39, 0.29) is 0 Å². The Bertz CT molecular complexity index is 1100. The van der Waals surface area contributed by atoms with E-state index in [9.17, 15) is 8.42 Å². The second kappa shape index (κ2) is 5.68. The van der Waals surface area contributed by atoms with E-state index >= 15 is 0 Å². The highest BCUT2D eigenvalue weighted by molar-refractivity contribution is 7.91. The van der Waals surface area contributed by atoms with Crippen LogP contribution in [0.1, 0.15) is 30.1 Å². The fraction of sp³-hybridized carbons (Fsp3) is 0.400. The molecule has 0 saturated carbocycles. The Hall–Kier alpha value is -1.63. The van der Waals surface area contributed by atoms with Crippen LogP contribution in [0.5, 0.6) is 0 Å². The number of hydrogen-bond acceptors (Lipinski definition) is 4. The van der Waals surface area contributed by atoms with Crippen LogP contribution in [-0.2, 0) is 23.3 Å². The van der Waals surface area contributed by atoms with Gasteiger partial charge in [-0.05, 0) is 67.4 Å². The number of thiophene rings is 1. The zero-order valence-corrected chi connectivity index (χ0v) is 16.6. The van der Waals surface area contributed by atoms with Crippen LogP contribution in [0.4, 0.5) is 0 Å². The quantitative estimate of drug-likeness (QED) is 0.668. The predicted molar refractivity (Wildman–Crippen MR) is 104 cm³/mol. The Balaban J connectivity index is 1.75. The Kier molecular flexibility index (Phi) is 3.61. The van der Waals surface area contributed by atoms with E-state index in [0.29, 0.717) is 21.8 Å². The molecule has 3 aromatic rings. The molecule has 2 unspecified atom stereocenters. The molecule has 1 saturated heterocycles. The third-order valence-corrected chi connectivity index (χ3v) is 8.77. The van der Waals surface area contributed by atoms with Gasteiger partial charge in [0.05, 0.1) is 9.79 Å². The summed E-state index contributed by atoms with van der Waals surface area (Å²) in [6, 6.07) is 7.73. The summed E-state index contributed by atoms with van der Waals surface area (Å²) >= 11 is 1.41. The fourth-order valence-corrected chi connectivity index (χ4v) is 7.19. The molecule has 2 bridgehead atoms. The van der Waals surface area contributed by atoms with Crippen molar-refractivity contribution < 1.29 is 8.42 Å². The van der Waals surface area contributed by atoms with Crippen molar-refractivity contribution in [1.82, 2.24) is 9.47 Å². The number of sulfone groups is 1. The van der Waals surface area contributed by atoms with Gasteiger partial charge in [-0.25, -0.2) is 8.42 Å². The minimum Gasteiger partial charge on any atom is -0.347 e. The number of nitrogens with zero attached hydrogens (tertiary/aromatic N) is 2. The minimum atomic E-state index is -3.45. The molecule has 6 rings (SSSR count). The molecule has 2 atom stereocenters. The summed E-state index contributed by atoms with van der Waals surface area (Å²) in [4.78, 5) is 3.25. The van der Waals surface area contributed by atoms with E-state index in [1.165, 1.54) is 29.0 Å². The summed E-state index contributed by atoms with van der Waals surface area (Å²) in [5, 5.41) is 4.63. The first kappa shape index (κ1) is 16.5. The fourth-order valence-electron chi connectivity index (χ4n) is 4.88.